The molecule has 1 fully saturated rings. The summed E-state index contributed by atoms with van der Waals surface area (Å²) in [6.45, 7) is -0.0299. The third-order valence-corrected chi connectivity index (χ3v) is 6.18. The highest BCUT2D eigenvalue weighted by molar-refractivity contribution is 5.93. The van der Waals surface area contributed by atoms with Gasteiger partial charge in [-0.15, -0.1) is 0 Å². The Bertz CT molecular complexity index is 1050. The first-order valence-electron chi connectivity index (χ1n) is 10.4. The molecule has 1 atom stereocenters. The number of alkyl halides is 3. The van der Waals surface area contributed by atoms with E-state index in [1.807, 2.05) is 48.5 Å². The molecule has 7 nitrogen and oxygen atoms in total. The largest absolute Gasteiger partial charge is 0.479 e. The number of rotatable bonds is 6. The van der Waals surface area contributed by atoms with Gasteiger partial charge in [-0.3, -0.25) is 4.79 Å². The Morgan fingerprint density at radius 1 is 1.03 bits per heavy atom. The molecule has 0 bridgehead atoms. The van der Waals surface area contributed by atoms with Crippen molar-refractivity contribution < 1.29 is 37.4 Å². The van der Waals surface area contributed by atoms with Crippen molar-refractivity contribution in [3.63, 3.8) is 0 Å². The van der Waals surface area contributed by atoms with Crippen molar-refractivity contribution in [3.8, 4) is 11.1 Å². The molecule has 2 aliphatic carbocycles. The quantitative estimate of drug-likeness (QED) is 0.609. The van der Waals surface area contributed by atoms with Crippen molar-refractivity contribution in [3.05, 3.63) is 59.7 Å². The van der Waals surface area contributed by atoms with E-state index in [-0.39, 0.29) is 25.4 Å². The molecular formula is C23H21F3N2O5. The first-order chi connectivity index (χ1) is 15.6. The average molecular weight is 462 g/mol. The fourth-order valence-corrected chi connectivity index (χ4v) is 4.32. The van der Waals surface area contributed by atoms with Crippen molar-refractivity contribution >= 4 is 18.0 Å². The number of fused-ring (bicyclic) bond motifs is 3. The highest BCUT2D eigenvalue weighted by Crippen LogP contribution is 2.44. The molecule has 2 amide bonds. The Hall–Kier alpha value is -3.56. The highest BCUT2D eigenvalue weighted by Gasteiger charge is 2.52. The number of halogens is 3. The number of hydrogen-bond donors (Lipinski definition) is 3. The van der Waals surface area contributed by atoms with Crippen molar-refractivity contribution in [2.75, 3.05) is 6.61 Å². The van der Waals surface area contributed by atoms with Gasteiger partial charge in [-0.1, -0.05) is 48.5 Å². The van der Waals surface area contributed by atoms with E-state index in [1.165, 1.54) is 5.32 Å². The van der Waals surface area contributed by atoms with Crippen LogP contribution in [0.5, 0.6) is 0 Å². The van der Waals surface area contributed by atoms with E-state index >= 15 is 0 Å². The van der Waals surface area contributed by atoms with E-state index in [4.69, 9.17) is 9.84 Å². The van der Waals surface area contributed by atoms with Crippen molar-refractivity contribution in [1.82, 2.24) is 10.6 Å². The predicted octanol–water partition coefficient (Wildman–Crippen LogP) is 3.58. The van der Waals surface area contributed by atoms with Gasteiger partial charge in [-0.2, -0.15) is 13.2 Å². The maximum absolute atomic E-state index is 12.9. The molecule has 1 unspecified atom stereocenters. The summed E-state index contributed by atoms with van der Waals surface area (Å²) in [5.74, 6) is -3.66. The standard InChI is InChI=1S/C23H21F3N2O5/c24-23(25,26)18(19(29)30)27-20(31)22(10-5-11-22)28-21(32)33-12-17-15-8-3-1-6-13(15)14-7-2-4-9-16(14)17/h1-4,6-9,17-18H,5,10-12H2,(H,27,31)(H,28,32)(H,29,30). The number of carboxylic acids is 1. The maximum Gasteiger partial charge on any atom is 0.419 e. The molecule has 0 spiro atoms. The van der Waals surface area contributed by atoms with E-state index in [2.05, 4.69) is 5.32 Å². The van der Waals surface area contributed by atoms with Crippen LogP contribution in [0.25, 0.3) is 11.1 Å². The number of alkyl carbamates (subject to hydrolysis) is 1. The summed E-state index contributed by atoms with van der Waals surface area (Å²) < 4.78 is 44.2. The Kier molecular flexibility index (Phi) is 5.77. The van der Waals surface area contributed by atoms with Gasteiger partial charge in [-0.25, -0.2) is 9.59 Å². The molecule has 0 aliphatic heterocycles. The van der Waals surface area contributed by atoms with Gasteiger partial charge in [0.25, 0.3) is 0 Å². The third-order valence-electron chi connectivity index (χ3n) is 6.18. The number of aliphatic carboxylic acids is 1. The molecule has 2 aromatic carbocycles. The molecule has 0 saturated heterocycles. The summed E-state index contributed by atoms with van der Waals surface area (Å²) in [5.41, 5.74) is 2.39. The zero-order valence-corrected chi connectivity index (χ0v) is 17.3. The number of carbonyl (C=O) groups excluding carboxylic acids is 2. The SMILES string of the molecule is O=C(NC1(C(=O)NC(C(=O)O)C(F)(F)F)CCC1)OCC1c2ccccc2-c2ccccc21. The van der Waals surface area contributed by atoms with Gasteiger partial charge in [0, 0.05) is 5.92 Å². The number of carbonyl (C=O) groups is 3. The molecule has 174 valence electrons. The van der Waals surface area contributed by atoms with Crippen LogP contribution in [-0.2, 0) is 14.3 Å². The van der Waals surface area contributed by atoms with Crippen LogP contribution in [0.3, 0.4) is 0 Å². The van der Waals surface area contributed by atoms with Crippen LogP contribution < -0.4 is 10.6 Å². The molecule has 33 heavy (non-hydrogen) atoms. The average Bonchev–Trinajstić information content (AvgIpc) is 3.05. The smallest absolute Gasteiger partial charge is 0.419 e. The lowest BCUT2D eigenvalue weighted by Crippen LogP contribution is -2.66. The highest BCUT2D eigenvalue weighted by atomic mass is 19.4. The minimum atomic E-state index is -5.17. The van der Waals surface area contributed by atoms with E-state index < -0.39 is 35.7 Å². The molecule has 3 N–H and O–H groups in total. The van der Waals surface area contributed by atoms with E-state index in [9.17, 15) is 27.6 Å². The van der Waals surface area contributed by atoms with Crippen LogP contribution >= 0.6 is 0 Å². The van der Waals surface area contributed by atoms with Crippen LogP contribution in [0.4, 0.5) is 18.0 Å². The van der Waals surface area contributed by atoms with Crippen molar-refractivity contribution in [2.24, 2.45) is 0 Å². The summed E-state index contributed by atoms with van der Waals surface area (Å²) >= 11 is 0. The molecule has 2 aliphatic rings. The maximum atomic E-state index is 12.9. The fraction of sp³-hybridized carbons (Fsp3) is 0.348. The number of benzene rings is 2. The van der Waals surface area contributed by atoms with Crippen LogP contribution in [0.2, 0.25) is 0 Å². The van der Waals surface area contributed by atoms with E-state index in [1.54, 1.807) is 0 Å². The van der Waals surface area contributed by atoms with Gasteiger partial charge >= 0.3 is 18.2 Å². The predicted molar refractivity (Wildman–Crippen MR) is 110 cm³/mol. The molecule has 0 radical (unpaired) electrons. The molecule has 2 aromatic rings. The van der Waals surface area contributed by atoms with Gasteiger partial charge in [0.1, 0.15) is 12.1 Å². The minimum Gasteiger partial charge on any atom is -0.479 e. The lowest BCUT2D eigenvalue weighted by Gasteiger charge is -2.41. The number of hydrogen-bond acceptors (Lipinski definition) is 4. The van der Waals surface area contributed by atoms with Crippen molar-refractivity contribution in [1.29, 1.82) is 0 Å². The summed E-state index contributed by atoms with van der Waals surface area (Å²) in [6.07, 6.45) is -5.48. The second-order valence-corrected chi connectivity index (χ2v) is 8.17. The van der Waals surface area contributed by atoms with Gasteiger partial charge in [0.15, 0.2) is 0 Å². The van der Waals surface area contributed by atoms with Gasteiger partial charge in [0.05, 0.1) is 0 Å². The molecule has 1 saturated carbocycles. The molecular weight excluding hydrogens is 441 g/mol. The van der Waals surface area contributed by atoms with Gasteiger partial charge < -0.3 is 20.5 Å². The lowest BCUT2D eigenvalue weighted by atomic mass is 9.76. The minimum absolute atomic E-state index is 0.0299. The molecule has 4 rings (SSSR count). The second kappa shape index (κ2) is 8.42. The summed E-state index contributed by atoms with van der Waals surface area (Å²) in [5, 5.41) is 12.7. The van der Waals surface area contributed by atoms with Crippen LogP contribution in [0, 0.1) is 0 Å². The summed E-state index contributed by atoms with van der Waals surface area (Å²) in [6, 6.07) is 12.3. The Morgan fingerprint density at radius 2 is 1.58 bits per heavy atom. The monoisotopic (exact) mass is 462 g/mol. The zero-order chi connectivity index (χ0) is 23.8. The zero-order valence-electron chi connectivity index (χ0n) is 17.3. The molecule has 0 heterocycles. The van der Waals surface area contributed by atoms with Crippen LogP contribution in [-0.4, -0.2) is 47.4 Å². The topological polar surface area (TPSA) is 105 Å². The first kappa shape index (κ1) is 22.6. The molecule has 10 heteroatoms. The fourth-order valence-electron chi connectivity index (χ4n) is 4.32. The van der Waals surface area contributed by atoms with E-state index in [0.29, 0.717) is 6.42 Å². The lowest BCUT2D eigenvalue weighted by molar-refractivity contribution is -0.183. The number of carboxylic acid groups (broad SMARTS) is 1. The number of ether oxygens (including phenoxy) is 1. The molecule has 0 aromatic heterocycles. The van der Waals surface area contributed by atoms with Crippen LogP contribution in [0.15, 0.2) is 48.5 Å². The van der Waals surface area contributed by atoms with Gasteiger partial charge in [-0.05, 0) is 41.5 Å². The normalized spacial score (nSPS) is 17.2. The number of amides is 2. The summed E-state index contributed by atoms with van der Waals surface area (Å²) in [4.78, 5) is 35.9. The second-order valence-electron chi connectivity index (χ2n) is 8.17. The number of nitrogens with one attached hydrogen (secondary N) is 2. The van der Waals surface area contributed by atoms with E-state index in [0.717, 1.165) is 22.3 Å². The van der Waals surface area contributed by atoms with Crippen LogP contribution in [0.1, 0.15) is 36.3 Å². The Labute approximate surface area is 186 Å². The summed E-state index contributed by atoms with van der Waals surface area (Å²) in [7, 11) is 0. The van der Waals surface area contributed by atoms with Crippen molar-refractivity contribution in [2.45, 2.75) is 42.9 Å². The van der Waals surface area contributed by atoms with Gasteiger partial charge in [0.2, 0.25) is 11.9 Å². The Balaban J connectivity index is 1.43. The third kappa shape index (κ3) is 4.24. The first-order valence-corrected chi connectivity index (χ1v) is 10.4. The Morgan fingerprint density at radius 3 is 2.03 bits per heavy atom.